The van der Waals surface area contributed by atoms with E-state index in [1.165, 1.54) is 49.9 Å². The van der Waals surface area contributed by atoms with Crippen LogP contribution in [0.15, 0.2) is 85.1 Å². The molecule has 5 rings (SSSR count). The van der Waals surface area contributed by atoms with Gasteiger partial charge in [0.1, 0.15) is 12.7 Å². The smallest absolute Gasteiger partial charge is 0.237 e. The van der Waals surface area contributed by atoms with E-state index in [-0.39, 0.29) is 0 Å². The Bertz CT molecular complexity index is 1390. The van der Waals surface area contributed by atoms with Crippen molar-refractivity contribution in [3.63, 3.8) is 0 Å². The van der Waals surface area contributed by atoms with Crippen LogP contribution in [0.1, 0.15) is 30.9 Å². The number of aromatic nitrogens is 2. The maximum Gasteiger partial charge on any atom is 0.237 e. The highest BCUT2D eigenvalue weighted by Gasteiger charge is 2.26. The lowest BCUT2D eigenvalue weighted by Gasteiger charge is -2.18. The topological polar surface area (TPSA) is 8.81 Å². The summed E-state index contributed by atoms with van der Waals surface area (Å²) < 4.78 is 4.74. The third kappa shape index (κ3) is 2.75. The van der Waals surface area contributed by atoms with Crippen LogP contribution in [-0.2, 0) is 7.05 Å². The Morgan fingerprint density at radius 1 is 0.767 bits per heavy atom. The van der Waals surface area contributed by atoms with Gasteiger partial charge in [-0.05, 0) is 47.6 Å². The van der Waals surface area contributed by atoms with Crippen LogP contribution in [0.25, 0.3) is 38.8 Å². The van der Waals surface area contributed by atoms with Crippen LogP contribution in [0.3, 0.4) is 0 Å². The van der Waals surface area contributed by atoms with Gasteiger partial charge < -0.3 is 4.57 Å². The second-order valence-electron chi connectivity index (χ2n) is 8.40. The van der Waals surface area contributed by atoms with E-state index in [2.05, 4.69) is 122 Å². The zero-order valence-corrected chi connectivity index (χ0v) is 18.1. The number of fused-ring (bicyclic) bond motifs is 2. The molecule has 0 bridgehead atoms. The van der Waals surface area contributed by atoms with Crippen LogP contribution in [0.4, 0.5) is 0 Å². The highest BCUT2D eigenvalue weighted by atomic mass is 15.0. The fourth-order valence-electron chi connectivity index (χ4n) is 4.72. The predicted octanol–water partition coefficient (Wildman–Crippen LogP) is 6.71. The van der Waals surface area contributed by atoms with E-state index in [4.69, 9.17) is 0 Å². The van der Waals surface area contributed by atoms with Gasteiger partial charge in [-0.1, -0.05) is 68.4 Å². The van der Waals surface area contributed by atoms with Crippen molar-refractivity contribution in [2.75, 3.05) is 0 Å². The summed E-state index contributed by atoms with van der Waals surface area (Å²) >= 11 is 0. The summed E-state index contributed by atoms with van der Waals surface area (Å²) in [5, 5.41) is 3.84. The fourth-order valence-corrected chi connectivity index (χ4v) is 4.72. The first-order chi connectivity index (χ1) is 14.6. The molecule has 0 aliphatic heterocycles. The lowest BCUT2D eigenvalue weighted by molar-refractivity contribution is -0.659. The minimum absolute atomic E-state index is 0.441. The van der Waals surface area contributed by atoms with E-state index >= 15 is 0 Å². The molecule has 2 nitrogen and oxygen atoms in total. The molecule has 0 aliphatic rings. The fraction of sp³-hybridized carbons (Fsp3) is 0.179. The van der Waals surface area contributed by atoms with Crippen molar-refractivity contribution in [2.45, 2.75) is 26.7 Å². The highest BCUT2D eigenvalue weighted by Crippen LogP contribution is 2.38. The molecule has 0 aliphatic carbocycles. The molecule has 0 saturated heterocycles. The van der Waals surface area contributed by atoms with Crippen LogP contribution in [0.2, 0.25) is 0 Å². The predicted molar refractivity (Wildman–Crippen MR) is 126 cm³/mol. The Morgan fingerprint density at radius 2 is 1.43 bits per heavy atom. The van der Waals surface area contributed by atoms with Crippen LogP contribution < -0.4 is 4.57 Å². The first kappa shape index (κ1) is 18.6. The Kier molecular flexibility index (Phi) is 4.43. The van der Waals surface area contributed by atoms with Crippen molar-refractivity contribution in [3.8, 4) is 17.1 Å². The van der Waals surface area contributed by atoms with E-state index in [0.29, 0.717) is 5.92 Å². The monoisotopic (exact) mass is 391 g/mol. The molecule has 30 heavy (non-hydrogen) atoms. The first-order valence-corrected chi connectivity index (χ1v) is 10.6. The lowest BCUT2D eigenvalue weighted by Crippen LogP contribution is -2.31. The van der Waals surface area contributed by atoms with E-state index in [9.17, 15) is 0 Å². The Balaban J connectivity index is 1.99. The summed E-state index contributed by atoms with van der Waals surface area (Å²) in [4.78, 5) is 0. The number of rotatable bonds is 3. The first-order valence-electron chi connectivity index (χ1n) is 10.6. The third-order valence-corrected chi connectivity index (χ3v) is 6.20. The van der Waals surface area contributed by atoms with Crippen molar-refractivity contribution in [2.24, 2.45) is 7.05 Å². The molecule has 0 N–H and O–H groups in total. The summed E-state index contributed by atoms with van der Waals surface area (Å²) in [6, 6.07) is 28.5. The number of pyridine rings is 1. The van der Waals surface area contributed by atoms with E-state index in [1.54, 1.807) is 0 Å². The molecule has 2 aromatic heterocycles. The largest absolute Gasteiger partial charge is 0.303 e. The number of aryl methyl sites for hydroxylation is 2. The van der Waals surface area contributed by atoms with E-state index in [1.807, 2.05) is 0 Å². The molecule has 0 amide bonds. The minimum atomic E-state index is 0.441. The standard InChI is InChI=1S/C28H27N2/c1-19(2)22-12-7-9-15-25(22)30-26-16-10-8-13-23(26)20(3)27(30)28-24-14-6-5-11-21(24)17-18-29(28)4/h5-19H,1-4H3/q+1. The molecular formula is C28H27N2+. The van der Waals surface area contributed by atoms with Gasteiger partial charge in [0.15, 0.2) is 6.20 Å². The van der Waals surface area contributed by atoms with Crippen molar-refractivity contribution < 1.29 is 4.57 Å². The van der Waals surface area contributed by atoms with Crippen LogP contribution in [0.5, 0.6) is 0 Å². The SMILES string of the molecule is Cc1c(-c2c3ccccc3cc[n+]2C)n(-c2ccccc2C(C)C)c2ccccc12. The molecular weight excluding hydrogens is 364 g/mol. The average molecular weight is 392 g/mol. The molecule has 0 unspecified atom stereocenters. The van der Waals surface area contributed by atoms with E-state index < -0.39 is 0 Å². The van der Waals surface area contributed by atoms with Crippen molar-refractivity contribution >= 4 is 21.7 Å². The van der Waals surface area contributed by atoms with Gasteiger partial charge in [-0.3, -0.25) is 0 Å². The Labute approximate surface area is 178 Å². The second kappa shape index (κ2) is 7.14. The van der Waals surface area contributed by atoms with Gasteiger partial charge in [0, 0.05) is 17.1 Å². The molecule has 0 saturated carbocycles. The molecule has 5 aromatic rings. The minimum Gasteiger partial charge on any atom is -0.303 e. The van der Waals surface area contributed by atoms with Gasteiger partial charge in [-0.15, -0.1) is 0 Å². The van der Waals surface area contributed by atoms with Gasteiger partial charge in [-0.2, -0.15) is 4.57 Å². The van der Waals surface area contributed by atoms with Gasteiger partial charge in [0.25, 0.3) is 0 Å². The summed E-state index contributed by atoms with van der Waals surface area (Å²) in [5.74, 6) is 0.441. The van der Waals surface area contributed by atoms with E-state index in [0.717, 1.165) is 0 Å². The van der Waals surface area contributed by atoms with Gasteiger partial charge in [0.05, 0.1) is 10.9 Å². The molecule has 0 radical (unpaired) electrons. The normalized spacial score (nSPS) is 11.6. The molecule has 0 spiro atoms. The second-order valence-corrected chi connectivity index (χ2v) is 8.40. The molecule has 148 valence electrons. The van der Waals surface area contributed by atoms with Gasteiger partial charge in [-0.25, -0.2) is 0 Å². The number of hydrogen-bond donors (Lipinski definition) is 0. The van der Waals surface area contributed by atoms with Crippen LogP contribution in [0, 0.1) is 6.92 Å². The van der Waals surface area contributed by atoms with Gasteiger partial charge in [0.2, 0.25) is 5.69 Å². The molecule has 2 heteroatoms. The number of nitrogens with zero attached hydrogens (tertiary/aromatic N) is 2. The number of benzene rings is 3. The summed E-state index contributed by atoms with van der Waals surface area (Å²) in [7, 11) is 2.15. The van der Waals surface area contributed by atoms with Crippen molar-refractivity contribution in [1.82, 2.24) is 4.57 Å². The molecule has 2 heterocycles. The van der Waals surface area contributed by atoms with Crippen molar-refractivity contribution in [3.05, 3.63) is 96.2 Å². The van der Waals surface area contributed by atoms with Crippen molar-refractivity contribution in [1.29, 1.82) is 0 Å². The number of para-hydroxylation sites is 2. The highest BCUT2D eigenvalue weighted by molar-refractivity contribution is 5.99. The zero-order valence-electron chi connectivity index (χ0n) is 18.1. The summed E-state index contributed by atoms with van der Waals surface area (Å²) in [6.07, 6.45) is 2.17. The average Bonchev–Trinajstić information content (AvgIpc) is 3.06. The Morgan fingerprint density at radius 3 is 2.23 bits per heavy atom. The zero-order chi connectivity index (χ0) is 20.8. The molecule has 0 fully saturated rings. The van der Waals surface area contributed by atoms with Crippen LogP contribution >= 0.6 is 0 Å². The molecule has 3 aromatic carbocycles. The quantitative estimate of drug-likeness (QED) is 0.302. The maximum atomic E-state index is 2.47. The van der Waals surface area contributed by atoms with Crippen LogP contribution in [-0.4, -0.2) is 4.57 Å². The maximum absolute atomic E-state index is 2.47. The summed E-state index contributed by atoms with van der Waals surface area (Å²) in [5.41, 5.74) is 7.72. The lowest BCUT2D eigenvalue weighted by atomic mass is 10.00. The molecule has 0 atom stereocenters. The Hall–Kier alpha value is -3.39. The summed E-state index contributed by atoms with van der Waals surface area (Å²) in [6.45, 7) is 6.80. The van der Waals surface area contributed by atoms with Gasteiger partial charge >= 0.3 is 0 Å². The number of hydrogen-bond acceptors (Lipinski definition) is 0. The third-order valence-electron chi connectivity index (χ3n) is 6.20.